The summed E-state index contributed by atoms with van der Waals surface area (Å²) in [6, 6.07) is 0.267. The minimum absolute atomic E-state index is 0.0157. The van der Waals surface area contributed by atoms with Gasteiger partial charge in [0, 0.05) is 18.6 Å². The monoisotopic (exact) mass is 182 g/mol. The molecular formula is C10H18N2O. The number of likely N-dealkylation sites (tertiary alicyclic amines) is 1. The normalized spacial score (nSPS) is 25.4. The zero-order chi connectivity index (χ0) is 9.84. The summed E-state index contributed by atoms with van der Waals surface area (Å²) >= 11 is 0. The fraction of sp³-hybridized carbons (Fsp3) is 0.700. The van der Waals surface area contributed by atoms with E-state index in [1.807, 2.05) is 11.8 Å². The molecule has 1 amide bonds. The van der Waals surface area contributed by atoms with Crippen molar-refractivity contribution < 1.29 is 4.79 Å². The molecule has 0 spiro atoms. The summed E-state index contributed by atoms with van der Waals surface area (Å²) in [6.45, 7) is 6.29. The van der Waals surface area contributed by atoms with Crippen LogP contribution >= 0.6 is 0 Å². The lowest BCUT2D eigenvalue weighted by molar-refractivity contribution is -0.129. The molecule has 1 fully saturated rings. The van der Waals surface area contributed by atoms with Crippen molar-refractivity contribution in [1.29, 1.82) is 0 Å². The predicted octanol–water partition coefficient (Wildman–Crippen LogP) is 0.901. The second-order valence-corrected chi connectivity index (χ2v) is 3.66. The van der Waals surface area contributed by atoms with E-state index < -0.39 is 0 Å². The van der Waals surface area contributed by atoms with Crippen molar-refractivity contribution in [1.82, 2.24) is 4.90 Å². The van der Waals surface area contributed by atoms with E-state index in [0.29, 0.717) is 0 Å². The molecule has 74 valence electrons. The summed E-state index contributed by atoms with van der Waals surface area (Å²) in [6.07, 6.45) is 4.66. The highest BCUT2D eigenvalue weighted by Gasteiger charge is 2.27. The van der Waals surface area contributed by atoms with Crippen LogP contribution in [0.4, 0.5) is 0 Å². The van der Waals surface area contributed by atoms with E-state index >= 15 is 0 Å². The van der Waals surface area contributed by atoms with Gasteiger partial charge in [0.1, 0.15) is 0 Å². The lowest BCUT2D eigenvalue weighted by atomic mass is 9.97. The van der Waals surface area contributed by atoms with Gasteiger partial charge in [-0.3, -0.25) is 4.79 Å². The molecule has 1 aliphatic rings. The number of piperidine rings is 1. The smallest absolute Gasteiger partial charge is 0.246 e. The third kappa shape index (κ3) is 2.31. The highest BCUT2D eigenvalue weighted by Crippen LogP contribution is 2.19. The van der Waals surface area contributed by atoms with Crippen molar-refractivity contribution >= 4 is 5.91 Å². The lowest BCUT2D eigenvalue weighted by Gasteiger charge is -2.37. The van der Waals surface area contributed by atoms with Gasteiger partial charge in [0.2, 0.25) is 5.91 Å². The molecule has 3 nitrogen and oxygen atoms in total. The molecule has 3 heteroatoms. The van der Waals surface area contributed by atoms with Crippen LogP contribution < -0.4 is 5.73 Å². The molecule has 1 rings (SSSR count). The first kappa shape index (κ1) is 10.3. The Hall–Kier alpha value is -0.830. The molecule has 0 aromatic carbocycles. The van der Waals surface area contributed by atoms with Crippen molar-refractivity contribution in [2.45, 2.75) is 38.3 Å². The number of rotatable bonds is 2. The zero-order valence-electron chi connectivity index (χ0n) is 8.20. The third-order valence-electron chi connectivity index (χ3n) is 2.61. The Labute approximate surface area is 79.6 Å². The maximum absolute atomic E-state index is 11.4. The number of hydrogen-bond acceptors (Lipinski definition) is 2. The molecule has 2 N–H and O–H groups in total. The molecule has 0 radical (unpaired) electrons. The minimum Gasteiger partial charge on any atom is -0.335 e. The Balaban J connectivity index is 2.66. The number of hydrogen-bond donors (Lipinski definition) is 1. The van der Waals surface area contributed by atoms with Crippen LogP contribution in [0, 0.1) is 0 Å². The Morgan fingerprint density at radius 3 is 2.92 bits per heavy atom. The van der Waals surface area contributed by atoms with Gasteiger partial charge in [-0.15, -0.1) is 0 Å². The first-order chi connectivity index (χ1) is 6.16. The molecule has 2 atom stereocenters. The Morgan fingerprint density at radius 1 is 1.69 bits per heavy atom. The second kappa shape index (κ2) is 4.42. The van der Waals surface area contributed by atoms with Crippen molar-refractivity contribution in [3.05, 3.63) is 12.7 Å². The summed E-state index contributed by atoms with van der Waals surface area (Å²) in [5.41, 5.74) is 5.82. The molecule has 1 heterocycles. The molecule has 1 aliphatic heterocycles. The summed E-state index contributed by atoms with van der Waals surface area (Å²) in [7, 11) is 0. The molecular weight excluding hydrogens is 164 g/mol. The van der Waals surface area contributed by atoms with Crippen molar-refractivity contribution in [3.63, 3.8) is 0 Å². The van der Waals surface area contributed by atoms with Gasteiger partial charge in [-0.2, -0.15) is 0 Å². The van der Waals surface area contributed by atoms with Crippen LogP contribution in [0.1, 0.15) is 26.2 Å². The van der Waals surface area contributed by atoms with Gasteiger partial charge in [0.25, 0.3) is 0 Å². The average molecular weight is 182 g/mol. The minimum atomic E-state index is 0.0157. The Bertz CT molecular complexity index is 201. The first-order valence-electron chi connectivity index (χ1n) is 4.85. The third-order valence-corrected chi connectivity index (χ3v) is 2.61. The molecule has 0 saturated carbocycles. The summed E-state index contributed by atoms with van der Waals surface area (Å²) in [5.74, 6) is 0.0157. The molecule has 1 saturated heterocycles. The molecule has 2 unspecified atom stereocenters. The average Bonchev–Trinajstić information content (AvgIpc) is 2.16. The van der Waals surface area contributed by atoms with Crippen molar-refractivity contribution in [3.8, 4) is 0 Å². The fourth-order valence-electron chi connectivity index (χ4n) is 1.89. The van der Waals surface area contributed by atoms with E-state index in [0.717, 1.165) is 19.4 Å². The number of nitrogens with zero attached hydrogens (tertiary/aromatic N) is 1. The van der Waals surface area contributed by atoms with Gasteiger partial charge in [-0.25, -0.2) is 0 Å². The largest absolute Gasteiger partial charge is 0.335 e. The maximum atomic E-state index is 11.4. The van der Waals surface area contributed by atoms with E-state index in [2.05, 4.69) is 6.58 Å². The highest BCUT2D eigenvalue weighted by molar-refractivity contribution is 5.87. The van der Waals surface area contributed by atoms with E-state index in [1.165, 1.54) is 12.5 Å². The number of nitrogens with two attached hydrogens (primary N) is 1. The maximum Gasteiger partial charge on any atom is 0.246 e. The van der Waals surface area contributed by atoms with E-state index in [4.69, 9.17) is 5.73 Å². The van der Waals surface area contributed by atoms with Gasteiger partial charge < -0.3 is 10.6 Å². The molecule has 13 heavy (non-hydrogen) atoms. The van der Waals surface area contributed by atoms with Crippen LogP contribution in [0.25, 0.3) is 0 Å². The van der Waals surface area contributed by atoms with Crippen molar-refractivity contribution in [2.75, 3.05) is 6.54 Å². The summed E-state index contributed by atoms with van der Waals surface area (Å²) in [5, 5.41) is 0. The molecule has 0 aromatic rings. The van der Waals surface area contributed by atoms with E-state index in [-0.39, 0.29) is 18.0 Å². The second-order valence-electron chi connectivity index (χ2n) is 3.66. The SMILES string of the molecule is C=CC(=O)N1CCCCC1C(C)N. The van der Waals surface area contributed by atoms with Crippen LogP contribution in [0.2, 0.25) is 0 Å². The van der Waals surface area contributed by atoms with Gasteiger partial charge in [0.05, 0.1) is 0 Å². The molecule has 0 bridgehead atoms. The quantitative estimate of drug-likeness (QED) is 0.645. The van der Waals surface area contributed by atoms with Crippen LogP contribution in [0.3, 0.4) is 0 Å². The zero-order valence-corrected chi connectivity index (χ0v) is 8.20. The standard InChI is InChI=1S/C10H18N2O/c1-3-10(13)12-7-5-4-6-9(12)8(2)11/h3,8-9H,1,4-7,11H2,2H3. The highest BCUT2D eigenvalue weighted by atomic mass is 16.2. The van der Waals surface area contributed by atoms with Gasteiger partial charge in [-0.05, 0) is 32.3 Å². The first-order valence-corrected chi connectivity index (χ1v) is 4.85. The molecule has 0 aliphatic carbocycles. The Kier molecular flexibility index (Phi) is 3.48. The van der Waals surface area contributed by atoms with Crippen LogP contribution in [0.5, 0.6) is 0 Å². The van der Waals surface area contributed by atoms with Gasteiger partial charge >= 0.3 is 0 Å². The molecule has 0 aromatic heterocycles. The van der Waals surface area contributed by atoms with Crippen LogP contribution in [-0.2, 0) is 4.79 Å². The van der Waals surface area contributed by atoms with E-state index in [1.54, 1.807) is 0 Å². The summed E-state index contributed by atoms with van der Waals surface area (Å²) < 4.78 is 0. The topological polar surface area (TPSA) is 46.3 Å². The number of amides is 1. The number of carbonyl (C=O) groups is 1. The van der Waals surface area contributed by atoms with Crippen LogP contribution in [0.15, 0.2) is 12.7 Å². The van der Waals surface area contributed by atoms with Crippen LogP contribution in [-0.4, -0.2) is 29.4 Å². The van der Waals surface area contributed by atoms with E-state index in [9.17, 15) is 4.79 Å². The van der Waals surface area contributed by atoms with Gasteiger partial charge in [0.15, 0.2) is 0 Å². The van der Waals surface area contributed by atoms with Crippen molar-refractivity contribution in [2.24, 2.45) is 5.73 Å². The fourth-order valence-corrected chi connectivity index (χ4v) is 1.89. The number of carbonyl (C=O) groups excluding carboxylic acids is 1. The predicted molar refractivity (Wildman–Crippen MR) is 53.2 cm³/mol. The Morgan fingerprint density at radius 2 is 2.38 bits per heavy atom. The lowest BCUT2D eigenvalue weighted by Crippen LogP contribution is -2.51. The summed E-state index contributed by atoms with van der Waals surface area (Å²) in [4.78, 5) is 13.3. The van der Waals surface area contributed by atoms with Gasteiger partial charge in [-0.1, -0.05) is 6.58 Å².